The SMILES string of the molecule is C=CC.Cc1c(-c2ccnc(Nc3cccc(OCCN(C)C)c3)n2)c(-c2ccc(F)c(NC(=O)c3c(F)cccc3F)c2)nn1C. The molecule has 0 spiro atoms. The van der Waals surface area contributed by atoms with Crippen LogP contribution in [0.15, 0.2) is 85.6 Å². The summed E-state index contributed by atoms with van der Waals surface area (Å²) in [5.74, 6) is -2.98. The van der Waals surface area contributed by atoms with Crippen LogP contribution in [0.1, 0.15) is 23.0 Å². The normalized spacial score (nSPS) is 10.7. The molecule has 244 valence electrons. The maximum atomic E-state index is 14.8. The van der Waals surface area contributed by atoms with Gasteiger partial charge >= 0.3 is 0 Å². The summed E-state index contributed by atoms with van der Waals surface area (Å²) in [7, 11) is 5.71. The molecular formula is C35H36F3N7O2. The number of likely N-dealkylation sites (N-methyl/N-ethyl adjacent to an activating group) is 1. The lowest BCUT2D eigenvalue weighted by Crippen LogP contribution is -2.19. The van der Waals surface area contributed by atoms with Gasteiger partial charge in [0.2, 0.25) is 5.95 Å². The van der Waals surface area contributed by atoms with Gasteiger partial charge in [-0.15, -0.1) is 6.58 Å². The van der Waals surface area contributed by atoms with E-state index in [-0.39, 0.29) is 5.69 Å². The van der Waals surface area contributed by atoms with Crippen LogP contribution in [0.3, 0.4) is 0 Å². The Morgan fingerprint density at radius 1 is 1.02 bits per heavy atom. The second kappa shape index (κ2) is 15.7. The summed E-state index contributed by atoms with van der Waals surface area (Å²) in [6, 6.07) is 16.3. The van der Waals surface area contributed by atoms with E-state index in [4.69, 9.17) is 9.72 Å². The molecule has 0 aliphatic heterocycles. The molecular weight excluding hydrogens is 607 g/mol. The number of nitrogens with zero attached hydrogens (tertiary/aromatic N) is 5. The Kier molecular flexibility index (Phi) is 11.5. The number of hydrogen-bond acceptors (Lipinski definition) is 7. The third kappa shape index (κ3) is 8.61. The monoisotopic (exact) mass is 643 g/mol. The summed E-state index contributed by atoms with van der Waals surface area (Å²) in [4.78, 5) is 23.8. The lowest BCUT2D eigenvalue weighted by Gasteiger charge is -2.12. The quantitative estimate of drug-likeness (QED) is 0.153. The average molecular weight is 644 g/mol. The van der Waals surface area contributed by atoms with E-state index in [2.05, 4.69) is 27.3 Å². The molecule has 2 N–H and O–H groups in total. The zero-order chi connectivity index (χ0) is 34.1. The van der Waals surface area contributed by atoms with Gasteiger partial charge in [0.1, 0.15) is 41.1 Å². The predicted molar refractivity (Wildman–Crippen MR) is 178 cm³/mol. The second-order valence-electron chi connectivity index (χ2n) is 10.7. The average Bonchev–Trinajstić information content (AvgIpc) is 3.32. The fraction of sp³-hybridized carbons (Fsp3) is 0.200. The van der Waals surface area contributed by atoms with Gasteiger partial charge in [-0.05, 0) is 76.5 Å². The van der Waals surface area contributed by atoms with Crippen LogP contribution in [0.2, 0.25) is 0 Å². The van der Waals surface area contributed by atoms with E-state index in [1.807, 2.05) is 57.1 Å². The number of benzene rings is 3. The molecule has 0 aliphatic carbocycles. The van der Waals surface area contributed by atoms with Gasteiger partial charge in [0.05, 0.1) is 11.4 Å². The van der Waals surface area contributed by atoms with Gasteiger partial charge < -0.3 is 20.3 Å². The number of aromatic nitrogens is 4. The van der Waals surface area contributed by atoms with Crippen LogP contribution < -0.4 is 15.4 Å². The minimum Gasteiger partial charge on any atom is -0.492 e. The van der Waals surface area contributed by atoms with Gasteiger partial charge in [0.15, 0.2) is 0 Å². The molecule has 12 heteroatoms. The van der Waals surface area contributed by atoms with Crippen molar-refractivity contribution < 1.29 is 22.7 Å². The zero-order valence-electron chi connectivity index (χ0n) is 26.8. The van der Waals surface area contributed by atoms with Crippen molar-refractivity contribution in [2.45, 2.75) is 13.8 Å². The van der Waals surface area contributed by atoms with Crippen LogP contribution in [0.25, 0.3) is 22.5 Å². The van der Waals surface area contributed by atoms with Crippen LogP contribution in [0.4, 0.5) is 30.5 Å². The second-order valence-corrected chi connectivity index (χ2v) is 10.7. The van der Waals surface area contributed by atoms with Crippen molar-refractivity contribution in [3.63, 3.8) is 0 Å². The summed E-state index contributed by atoms with van der Waals surface area (Å²) >= 11 is 0. The predicted octanol–water partition coefficient (Wildman–Crippen LogP) is 7.40. The van der Waals surface area contributed by atoms with E-state index in [1.54, 1.807) is 30.1 Å². The van der Waals surface area contributed by atoms with E-state index >= 15 is 0 Å². The lowest BCUT2D eigenvalue weighted by molar-refractivity contribution is 0.101. The largest absolute Gasteiger partial charge is 0.492 e. The highest BCUT2D eigenvalue weighted by atomic mass is 19.1. The fourth-order valence-electron chi connectivity index (χ4n) is 4.48. The fourth-order valence-corrected chi connectivity index (χ4v) is 4.48. The number of hydrogen-bond donors (Lipinski definition) is 2. The number of amides is 1. The number of nitrogens with one attached hydrogen (secondary N) is 2. The molecule has 2 heterocycles. The van der Waals surface area contributed by atoms with E-state index in [0.717, 1.165) is 42.2 Å². The summed E-state index contributed by atoms with van der Waals surface area (Å²) in [5, 5.41) is 10.1. The van der Waals surface area contributed by atoms with Gasteiger partial charge in [0, 0.05) is 48.4 Å². The van der Waals surface area contributed by atoms with Crippen molar-refractivity contribution in [3.05, 3.63) is 114 Å². The van der Waals surface area contributed by atoms with Gasteiger partial charge in [-0.25, -0.2) is 23.1 Å². The molecule has 1 amide bonds. The van der Waals surface area contributed by atoms with Crippen molar-refractivity contribution in [1.29, 1.82) is 0 Å². The van der Waals surface area contributed by atoms with Crippen molar-refractivity contribution in [3.8, 4) is 28.3 Å². The van der Waals surface area contributed by atoms with Gasteiger partial charge in [-0.1, -0.05) is 18.2 Å². The molecule has 2 aromatic heterocycles. The smallest absolute Gasteiger partial charge is 0.261 e. The van der Waals surface area contributed by atoms with E-state index < -0.39 is 28.9 Å². The first-order valence-electron chi connectivity index (χ1n) is 14.7. The topological polar surface area (TPSA) is 97.2 Å². The van der Waals surface area contributed by atoms with Crippen LogP contribution in [-0.2, 0) is 7.05 Å². The number of halogens is 3. The van der Waals surface area contributed by atoms with E-state index in [1.165, 1.54) is 12.1 Å². The summed E-state index contributed by atoms with van der Waals surface area (Å²) in [6.45, 7) is 8.44. The Hall–Kier alpha value is -5.49. The first-order chi connectivity index (χ1) is 22.5. The Balaban J connectivity index is 0.00000160. The molecule has 0 radical (unpaired) electrons. The lowest BCUT2D eigenvalue weighted by atomic mass is 10.0. The molecule has 0 aliphatic rings. The Bertz CT molecular complexity index is 1850. The summed E-state index contributed by atoms with van der Waals surface area (Å²) in [6.07, 6.45) is 3.36. The number of carbonyl (C=O) groups is 1. The van der Waals surface area contributed by atoms with Gasteiger partial charge in [-0.3, -0.25) is 9.48 Å². The Labute approximate surface area is 271 Å². The molecule has 0 bridgehead atoms. The maximum Gasteiger partial charge on any atom is 0.261 e. The summed E-state index contributed by atoms with van der Waals surface area (Å²) in [5.41, 5.74) is 2.54. The number of anilines is 3. The number of aryl methyl sites for hydroxylation is 1. The highest BCUT2D eigenvalue weighted by Crippen LogP contribution is 2.35. The number of rotatable bonds is 10. The Morgan fingerprint density at radius 3 is 2.43 bits per heavy atom. The Morgan fingerprint density at radius 2 is 1.72 bits per heavy atom. The number of ether oxygens (including phenoxy) is 1. The molecule has 5 rings (SSSR count). The minimum absolute atomic E-state index is 0.262. The van der Waals surface area contributed by atoms with Crippen LogP contribution in [0.5, 0.6) is 5.75 Å². The van der Waals surface area contributed by atoms with Crippen molar-refractivity contribution in [1.82, 2.24) is 24.6 Å². The molecule has 0 saturated heterocycles. The van der Waals surface area contributed by atoms with Crippen molar-refractivity contribution in [2.24, 2.45) is 7.05 Å². The summed E-state index contributed by atoms with van der Waals surface area (Å²) < 4.78 is 50.6. The highest BCUT2D eigenvalue weighted by molar-refractivity contribution is 6.05. The van der Waals surface area contributed by atoms with E-state index in [9.17, 15) is 18.0 Å². The first-order valence-corrected chi connectivity index (χ1v) is 14.7. The molecule has 0 saturated carbocycles. The van der Waals surface area contributed by atoms with Crippen LogP contribution in [-0.4, -0.2) is 57.8 Å². The molecule has 0 fully saturated rings. The molecule has 9 nitrogen and oxygen atoms in total. The number of allylic oxidation sites excluding steroid dienone is 1. The molecule has 0 atom stereocenters. The maximum absolute atomic E-state index is 14.8. The molecule has 47 heavy (non-hydrogen) atoms. The van der Waals surface area contributed by atoms with Crippen LogP contribution in [0, 0.1) is 24.4 Å². The molecule has 0 unspecified atom stereocenters. The third-order valence-electron chi connectivity index (χ3n) is 6.82. The first kappa shape index (κ1) is 34.4. The highest BCUT2D eigenvalue weighted by Gasteiger charge is 2.22. The molecule has 5 aromatic rings. The van der Waals surface area contributed by atoms with Gasteiger partial charge in [-0.2, -0.15) is 5.10 Å². The van der Waals surface area contributed by atoms with Gasteiger partial charge in [0.25, 0.3) is 5.91 Å². The number of carbonyl (C=O) groups excluding carboxylic acids is 1. The van der Waals surface area contributed by atoms with Crippen molar-refractivity contribution >= 4 is 23.2 Å². The zero-order valence-corrected chi connectivity index (χ0v) is 26.8. The van der Waals surface area contributed by atoms with E-state index in [0.29, 0.717) is 40.8 Å². The van der Waals surface area contributed by atoms with Crippen molar-refractivity contribution in [2.75, 3.05) is 37.9 Å². The third-order valence-corrected chi connectivity index (χ3v) is 6.82. The minimum atomic E-state index is -1.12. The standard InChI is InChI=1S/C32H30F3N7O2.C3H6/c1-19-28(26-13-14-36-32(39-26)37-21-7-5-8-22(18-21)44-16-15-41(2)3)30(40-42(19)4)20-11-12-23(33)27(17-20)38-31(43)29-24(34)9-6-10-25(29)35;1-3-2/h5-14,17-18H,15-16H2,1-4H3,(H,38,43)(H,36,37,39);3H,1H2,2H3. The van der Waals surface area contributed by atoms with Crippen LogP contribution >= 0.6 is 0 Å². The molecule has 3 aromatic carbocycles.